The van der Waals surface area contributed by atoms with Gasteiger partial charge in [-0.3, -0.25) is 10.1 Å². The normalized spacial score (nSPS) is 23.5. The lowest BCUT2D eigenvalue weighted by Gasteiger charge is -2.36. The van der Waals surface area contributed by atoms with E-state index in [1.165, 1.54) is 12.8 Å². The third-order valence-electron chi connectivity index (χ3n) is 4.68. The molecule has 1 aromatic rings. The number of hydrogen-bond donors (Lipinski definition) is 1. The topological polar surface area (TPSA) is 58.4 Å². The Morgan fingerprint density at radius 3 is 2.67 bits per heavy atom. The summed E-state index contributed by atoms with van der Waals surface area (Å²) in [6.45, 7) is 2.99. The fourth-order valence-corrected chi connectivity index (χ4v) is 4.04. The lowest BCUT2D eigenvalue weighted by Crippen LogP contribution is -2.41. The van der Waals surface area contributed by atoms with E-state index in [0.717, 1.165) is 47.7 Å². The number of piperidine rings is 1. The van der Waals surface area contributed by atoms with Gasteiger partial charge in [0.15, 0.2) is 0 Å². The van der Waals surface area contributed by atoms with Crippen molar-refractivity contribution in [2.24, 2.45) is 5.92 Å². The van der Waals surface area contributed by atoms with Crippen molar-refractivity contribution in [3.8, 4) is 0 Å². The highest BCUT2D eigenvalue weighted by Gasteiger charge is 2.30. The first-order valence-electron chi connectivity index (χ1n) is 7.57. The fourth-order valence-electron chi connectivity index (χ4n) is 3.57. The van der Waals surface area contributed by atoms with Gasteiger partial charge in [-0.1, -0.05) is 0 Å². The van der Waals surface area contributed by atoms with Gasteiger partial charge < -0.3 is 10.2 Å². The number of halogens is 1. The van der Waals surface area contributed by atoms with Crippen molar-refractivity contribution in [1.29, 1.82) is 0 Å². The molecule has 0 amide bonds. The van der Waals surface area contributed by atoms with Gasteiger partial charge in [-0.15, -0.1) is 0 Å². The minimum atomic E-state index is -0.262. The molecule has 2 fully saturated rings. The number of anilines is 1. The summed E-state index contributed by atoms with van der Waals surface area (Å²) >= 11 is 2.12. The molecule has 0 aromatic heterocycles. The molecule has 1 N–H and O–H groups in total. The third kappa shape index (κ3) is 3.31. The second-order valence-electron chi connectivity index (χ2n) is 5.92. The maximum absolute atomic E-state index is 11.3. The summed E-state index contributed by atoms with van der Waals surface area (Å²) in [6.07, 6.45) is 4.82. The van der Waals surface area contributed by atoms with Crippen LogP contribution in [0.15, 0.2) is 18.2 Å². The van der Waals surface area contributed by atoms with Crippen LogP contribution >= 0.6 is 22.6 Å². The molecule has 0 spiro atoms. The quantitative estimate of drug-likeness (QED) is 0.480. The molecule has 3 rings (SSSR count). The summed E-state index contributed by atoms with van der Waals surface area (Å²) in [6, 6.07) is 6.18. The Kier molecular flexibility index (Phi) is 4.63. The highest BCUT2D eigenvalue weighted by Crippen LogP contribution is 2.34. The smallest absolute Gasteiger partial charge is 0.293 e. The highest BCUT2D eigenvalue weighted by atomic mass is 127. The minimum absolute atomic E-state index is 0.236. The summed E-state index contributed by atoms with van der Waals surface area (Å²) in [4.78, 5) is 13.2. The van der Waals surface area contributed by atoms with Gasteiger partial charge in [0.2, 0.25) is 0 Å². The van der Waals surface area contributed by atoms with E-state index in [-0.39, 0.29) is 10.6 Å². The summed E-state index contributed by atoms with van der Waals surface area (Å²) in [5, 5.41) is 14.8. The van der Waals surface area contributed by atoms with Crippen LogP contribution in [0.2, 0.25) is 0 Å². The summed E-state index contributed by atoms with van der Waals surface area (Å²) in [5.74, 6) is 0.728. The molecule has 0 aliphatic carbocycles. The first-order chi connectivity index (χ1) is 10.1. The van der Waals surface area contributed by atoms with Gasteiger partial charge in [-0.05, 0) is 72.9 Å². The molecular weight excluding hydrogens is 381 g/mol. The number of nitro groups is 1. The molecule has 114 valence electrons. The SMILES string of the molecule is O=[N+]([O-])c1cc(I)ccc1N1CCC(C2CCCN2)CC1. The van der Waals surface area contributed by atoms with Gasteiger partial charge in [-0.2, -0.15) is 0 Å². The minimum Gasteiger partial charge on any atom is -0.366 e. The van der Waals surface area contributed by atoms with E-state index in [9.17, 15) is 10.1 Å². The number of rotatable bonds is 3. The number of hydrogen-bond acceptors (Lipinski definition) is 4. The maximum atomic E-state index is 11.3. The Morgan fingerprint density at radius 2 is 2.05 bits per heavy atom. The van der Waals surface area contributed by atoms with Gasteiger partial charge in [0.1, 0.15) is 5.69 Å². The van der Waals surface area contributed by atoms with Gasteiger partial charge >= 0.3 is 0 Å². The fraction of sp³-hybridized carbons (Fsp3) is 0.600. The molecule has 1 atom stereocenters. The first-order valence-corrected chi connectivity index (χ1v) is 8.65. The Morgan fingerprint density at radius 1 is 1.29 bits per heavy atom. The number of nitrogens with zero attached hydrogens (tertiary/aromatic N) is 2. The zero-order valence-corrected chi connectivity index (χ0v) is 14.1. The zero-order chi connectivity index (χ0) is 14.8. The van der Waals surface area contributed by atoms with Crippen molar-refractivity contribution in [2.45, 2.75) is 31.7 Å². The van der Waals surface area contributed by atoms with Crippen molar-refractivity contribution in [3.05, 3.63) is 31.9 Å². The Bertz CT molecular complexity index is 524. The molecule has 2 heterocycles. The maximum Gasteiger partial charge on any atom is 0.293 e. The summed E-state index contributed by atoms with van der Waals surface area (Å²) < 4.78 is 0.910. The van der Waals surface area contributed by atoms with Crippen LogP contribution in [0.25, 0.3) is 0 Å². The van der Waals surface area contributed by atoms with Gasteiger partial charge in [0, 0.05) is 28.8 Å². The molecule has 2 saturated heterocycles. The molecule has 0 bridgehead atoms. The Balaban J connectivity index is 1.70. The number of nitro benzene ring substituents is 1. The zero-order valence-electron chi connectivity index (χ0n) is 11.9. The molecule has 21 heavy (non-hydrogen) atoms. The lowest BCUT2D eigenvalue weighted by atomic mass is 9.88. The molecule has 2 aliphatic rings. The third-order valence-corrected chi connectivity index (χ3v) is 5.35. The molecular formula is C15H20IN3O2. The van der Waals surface area contributed by atoms with Crippen LogP contribution in [-0.2, 0) is 0 Å². The summed E-state index contributed by atoms with van der Waals surface area (Å²) in [5.41, 5.74) is 1.01. The molecule has 1 aromatic carbocycles. The van der Waals surface area contributed by atoms with Crippen molar-refractivity contribution in [3.63, 3.8) is 0 Å². The van der Waals surface area contributed by atoms with Gasteiger partial charge in [0.05, 0.1) is 4.92 Å². The van der Waals surface area contributed by atoms with Crippen molar-refractivity contribution < 1.29 is 4.92 Å². The van der Waals surface area contributed by atoms with Crippen molar-refractivity contribution in [1.82, 2.24) is 5.32 Å². The average molecular weight is 401 g/mol. The van der Waals surface area contributed by atoms with E-state index in [1.54, 1.807) is 6.07 Å². The van der Waals surface area contributed by atoms with E-state index in [1.807, 2.05) is 12.1 Å². The van der Waals surface area contributed by atoms with Crippen molar-refractivity contribution in [2.75, 3.05) is 24.5 Å². The predicted octanol–water partition coefficient (Wildman–Crippen LogP) is 3.17. The highest BCUT2D eigenvalue weighted by molar-refractivity contribution is 14.1. The number of benzene rings is 1. The molecule has 0 radical (unpaired) electrons. The molecule has 2 aliphatic heterocycles. The van der Waals surface area contributed by atoms with Crippen LogP contribution < -0.4 is 10.2 Å². The number of nitrogens with one attached hydrogen (secondary N) is 1. The van der Waals surface area contributed by atoms with E-state index in [2.05, 4.69) is 32.8 Å². The predicted molar refractivity (Wildman–Crippen MR) is 91.8 cm³/mol. The van der Waals surface area contributed by atoms with E-state index in [4.69, 9.17) is 0 Å². The van der Waals surface area contributed by atoms with Crippen LogP contribution in [-0.4, -0.2) is 30.6 Å². The van der Waals surface area contributed by atoms with Crippen LogP contribution in [0.4, 0.5) is 11.4 Å². The monoisotopic (exact) mass is 401 g/mol. The second kappa shape index (κ2) is 6.48. The first kappa shape index (κ1) is 15.0. The van der Waals surface area contributed by atoms with Crippen molar-refractivity contribution >= 4 is 34.0 Å². The van der Waals surface area contributed by atoms with Crippen LogP contribution in [0.3, 0.4) is 0 Å². The molecule has 5 nitrogen and oxygen atoms in total. The molecule has 0 saturated carbocycles. The second-order valence-corrected chi connectivity index (χ2v) is 7.16. The van der Waals surface area contributed by atoms with Gasteiger partial charge in [-0.25, -0.2) is 0 Å². The molecule has 1 unspecified atom stereocenters. The average Bonchev–Trinajstić information content (AvgIpc) is 3.01. The van der Waals surface area contributed by atoms with E-state index >= 15 is 0 Å². The van der Waals surface area contributed by atoms with Gasteiger partial charge in [0.25, 0.3) is 5.69 Å². The van der Waals surface area contributed by atoms with E-state index in [0.29, 0.717) is 6.04 Å². The largest absolute Gasteiger partial charge is 0.366 e. The van der Waals surface area contributed by atoms with Crippen LogP contribution in [0, 0.1) is 19.6 Å². The van der Waals surface area contributed by atoms with Crippen LogP contribution in [0.1, 0.15) is 25.7 Å². The lowest BCUT2D eigenvalue weighted by molar-refractivity contribution is -0.384. The molecule has 6 heteroatoms. The standard InChI is InChI=1S/C15H20IN3O2/c16-12-3-4-14(15(10-12)19(20)21)18-8-5-11(6-9-18)13-2-1-7-17-13/h3-4,10-11,13,17H,1-2,5-9H2. The van der Waals surface area contributed by atoms with Crippen LogP contribution in [0.5, 0.6) is 0 Å². The summed E-state index contributed by atoms with van der Waals surface area (Å²) in [7, 11) is 0. The Hall–Kier alpha value is -0.890. The Labute approximate surface area is 138 Å². The van der Waals surface area contributed by atoms with E-state index < -0.39 is 0 Å².